The van der Waals surface area contributed by atoms with E-state index in [2.05, 4.69) is 0 Å². The Labute approximate surface area is 108 Å². The Balaban J connectivity index is 1.90. The molecule has 0 aromatic heterocycles. The third-order valence-electron chi connectivity index (χ3n) is 4.14. The molecule has 0 saturated heterocycles. The molecule has 0 unspecified atom stereocenters. The number of terminal acetylenes is 1. The second-order valence-electron chi connectivity index (χ2n) is 4.83. The highest BCUT2D eigenvalue weighted by atomic mass is 16.5. The smallest absolute Gasteiger partial charge is 0.307 e. The number of ether oxygens (including phenoxy) is 1. The topological polar surface area (TPSA) is 83.8 Å². The van der Waals surface area contributed by atoms with Gasteiger partial charge in [0.05, 0.1) is 11.8 Å². The standard InChI is InChI=1S/C14H10O5/c1-2-19-8-5-3-7(4-6-8)14-9(10(14)12(15)16)11(14)13(17)18/h1,3-6,9-11H,(H,15,16)(H,17,18)/t9?,10-,11-,14?/m0/s1. The molecule has 0 bridgehead atoms. The maximum Gasteiger partial charge on any atom is 0.307 e. The van der Waals surface area contributed by atoms with Crippen LogP contribution < -0.4 is 4.74 Å². The SMILES string of the molecule is C#COc1ccc(C23C([C@H]2C(=O)O)[C@H]3C(=O)O)cc1. The summed E-state index contributed by atoms with van der Waals surface area (Å²) in [5, 5.41) is 18.1. The number of carboxylic acid groups (broad SMARTS) is 2. The third-order valence-corrected chi connectivity index (χ3v) is 4.14. The van der Waals surface area contributed by atoms with E-state index in [1.165, 1.54) is 0 Å². The van der Waals surface area contributed by atoms with E-state index >= 15 is 0 Å². The molecule has 19 heavy (non-hydrogen) atoms. The maximum absolute atomic E-state index is 11.1. The van der Waals surface area contributed by atoms with Gasteiger partial charge in [0.15, 0.2) is 0 Å². The lowest BCUT2D eigenvalue weighted by molar-refractivity contribution is -0.144. The van der Waals surface area contributed by atoms with E-state index in [0.717, 1.165) is 5.56 Å². The van der Waals surface area contributed by atoms with Gasteiger partial charge < -0.3 is 14.9 Å². The van der Waals surface area contributed by atoms with Crippen molar-refractivity contribution < 1.29 is 24.5 Å². The van der Waals surface area contributed by atoms with Crippen molar-refractivity contribution in [2.45, 2.75) is 5.41 Å². The van der Waals surface area contributed by atoms with Gasteiger partial charge in [0.1, 0.15) is 11.9 Å². The predicted molar refractivity (Wildman–Crippen MR) is 63.3 cm³/mol. The van der Waals surface area contributed by atoms with Crippen molar-refractivity contribution in [1.82, 2.24) is 0 Å². The van der Waals surface area contributed by atoms with Crippen LogP contribution in [-0.2, 0) is 15.0 Å². The molecule has 96 valence electrons. The highest BCUT2D eigenvalue weighted by molar-refractivity contribution is 5.92. The quantitative estimate of drug-likeness (QED) is 0.785. The minimum atomic E-state index is -0.938. The number of rotatable bonds is 4. The summed E-state index contributed by atoms with van der Waals surface area (Å²) in [6.45, 7) is 0. The number of hydrogen-bond donors (Lipinski definition) is 2. The van der Waals surface area contributed by atoms with Crippen molar-refractivity contribution in [3.63, 3.8) is 0 Å². The maximum atomic E-state index is 11.1. The fourth-order valence-corrected chi connectivity index (χ4v) is 3.28. The highest BCUT2D eigenvalue weighted by Gasteiger charge is 2.92. The minimum absolute atomic E-state index is 0.290. The normalized spacial score (nSPS) is 33.7. The zero-order valence-electron chi connectivity index (χ0n) is 9.74. The number of carboxylic acids is 2. The molecular formula is C14H10O5. The number of carbonyl (C=O) groups is 2. The molecule has 0 aliphatic heterocycles. The molecule has 3 rings (SSSR count). The minimum Gasteiger partial charge on any atom is -0.481 e. The molecule has 0 radical (unpaired) electrons. The van der Waals surface area contributed by atoms with Crippen LogP contribution in [0.15, 0.2) is 24.3 Å². The van der Waals surface area contributed by atoms with Crippen LogP contribution in [0.5, 0.6) is 5.75 Å². The summed E-state index contributed by atoms with van der Waals surface area (Å²) < 4.78 is 4.85. The first-order chi connectivity index (χ1) is 9.05. The molecule has 2 fully saturated rings. The fraction of sp³-hybridized carbons (Fsp3) is 0.286. The number of benzene rings is 1. The molecule has 2 aliphatic carbocycles. The molecular weight excluding hydrogens is 248 g/mol. The first-order valence-electron chi connectivity index (χ1n) is 5.73. The summed E-state index contributed by atoms with van der Waals surface area (Å²) in [4.78, 5) is 22.1. The van der Waals surface area contributed by atoms with E-state index in [1.54, 1.807) is 24.3 Å². The van der Waals surface area contributed by atoms with Crippen molar-refractivity contribution in [2.24, 2.45) is 17.8 Å². The van der Waals surface area contributed by atoms with Crippen molar-refractivity contribution in [3.05, 3.63) is 29.8 Å². The summed E-state index contributed by atoms with van der Waals surface area (Å²) in [6, 6.07) is 6.61. The molecule has 2 saturated carbocycles. The van der Waals surface area contributed by atoms with Crippen molar-refractivity contribution >= 4 is 11.9 Å². The lowest BCUT2D eigenvalue weighted by atomic mass is 9.90. The molecule has 0 heterocycles. The summed E-state index contributed by atoms with van der Waals surface area (Å²) in [5.41, 5.74) is -0.00605. The Bertz CT molecular complexity index is 588. The Morgan fingerprint density at radius 1 is 1.16 bits per heavy atom. The van der Waals surface area contributed by atoms with Gasteiger partial charge in [0.25, 0.3) is 0 Å². The zero-order chi connectivity index (χ0) is 13.8. The van der Waals surface area contributed by atoms with E-state index in [1.807, 2.05) is 6.11 Å². The van der Waals surface area contributed by atoms with Gasteiger partial charge in [-0.1, -0.05) is 18.6 Å². The van der Waals surface area contributed by atoms with Crippen LogP contribution in [0.2, 0.25) is 0 Å². The van der Waals surface area contributed by atoms with E-state index in [9.17, 15) is 9.59 Å². The number of fused-ring (bicyclic) bond motifs is 1. The van der Waals surface area contributed by atoms with Crippen LogP contribution >= 0.6 is 0 Å². The van der Waals surface area contributed by atoms with Crippen LogP contribution in [0.1, 0.15) is 5.56 Å². The van der Waals surface area contributed by atoms with E-state index in [0.29, 0.717) is 5.75 Å². The largest absolute Gasteiger partial charge is 0.481 e. The molecule has 5 nitrogen and oxygen atoms in total. The molecule has 2 aliphatic rings. The summed E-state index contributed by atoms with van der Waals surface area (Å²) in [6.07, 6.45) is 7.03. The molecule has 2 N–H and O–H groups in total. The highest BCUT2D eigenvalue weighted by Crippen LogP contribution is 2.83. The summed E-state index contributed by atoms with van der Waals surface area (Å²) in [7, 11) is 0. The van der Waals surface area contributed by atoms with Crippen LogP contribution in [0, 0.1) is 30.3 Å². The van der Waals surface area contributed by atoms with Gasteiger partial charge in [-0.2, -0.15) is 0 Å². The predicted octanol–water partition coefficient (Wildman–Crippen LogP) is 0.939. The molecule has 5 heteroatoms. The Kier molecular flexibility index (Phi) is 2.14. The van der Waals surface area contributed by atoms with Crippen molar-refractivity contribution in [3.8, 4) is 18.3 Å². The number of hydrogen-bond acceptors (Lipinski definition) is 3. The average Bonchev–Trinajstić information content (AvgIpc) is 3.17. The second kappa shape index (κ2) is 3.51. The van der Waals surface area contributed by atoms with Crippen molar-refractivity contribution in [1.29, 1.82) is 0 Å². The van der Waals surface area contributed by atoms with Crippen LogP contribution in [0.4, 0.5) is 0 Å². The third kappa shape index (κ3) is 1.31. The summed E-state index contributed by atoms with van der Waals surface area (Å²) in [5.74, 6) is -2.87. The van der Waals surface area contributed by atoms with Gasteiger partial charge in [-0.15, -0.1) is 0 Å². The lowest BCUT2D eigenvalue weighted by Crippen LogP contribution is -2.25. The first-order valence-corrected chi connectivity index (χ1v) is 5.73. The Hall–Kier alpha value is -2.48. The molecule has 2 atom stereocenters. The van der Waals surface area contributed by atoms with Gasteiger partial charge in [0, 0.05) is 5.41 Å². The lowest BCUT2D eigenvalue weighted by Gasteiger charge is -2.14. The van der Waals surface area contributed by atoms with Crippen LogP contribution in [-0.4, -0.2) is 22.2 Å². The first kappa shape index (κ1) is 11.6. The van der Waals surface area contributed by atoms with Gasteiger partial charge in [-0.3, -0.25) is 9.59 Å². The zero-order valence-corrected chi connectivity index (χ0v) is 9.74. The number of aliphatic carboxylic acids is 2. The van der Waals surface area contributed by atoms with E-state index in [-0.39, 0.29) is 5.92 Å². The Morgan fingerprint density at radius 3 is 2.11 bits per heavy atom. The van der Waals surface area contributed by atoms with Gasteiger partial charge >= 0.3 is 11.9 Å². The van der Waals surface area contributed by atoms with E-state index < -0.39 is 29.2 Å². The molecule has 0 spiro atoms. The van der Waals surface area contributed by atoms with Gasteiger partial charge in [-0.25, -0.2) is 0 Å². The summed E-state index contributed by atoms with van der Waals surface area (Å²) >= 11 is 0. The fourth-order valence-electron chi connectivity index (χ4n) is 3.28. The second-order valence-corrected chi connectivity index (χ2v) is 4.83. The Morgan fingerprint density at radius 2 is 1.68 bits per heavy atom. The molecule has 0 amide bonds. The molecule has 1 aromatic rings. The van der Waals surface area contributed by atoms with Crippen LogP contribution in [0.3, 0.4) is 0 Å². The molecule has 1 aromatic carbocycles. The monoisotopic (exact) mass is 258 g/mol. The van der Waals surface area contributed by atoms with Gasteiger partial charge in [-0.05, 0) is 23.6 Å². The van der Waals surface area contributed by atoms with Gasteiger partial charge in [0.2, 0.25) is 0 Å². The van der Waals surface area contributed by atoms with Crippen molar-refractivity contribution in [2.75, 3.05) is 0 Å². The van der Waals surface area contributed by atoms with E-state index in [4.69, 9.17) is 21.4 Å². The average molecular weight is 258 g/mol. The van der Waals surface area contributed by atoms with Crippen LogP contribution in [0.25, 0.3) is 0 Å².